The van der Waals surface area contributed by atoms with Crippen LogP contribution in [0.15, 0.2) is 54.6 Å². The highest BCUT2D eigenvalue weighted by Crippen LogP contribution is 2.41. The molecule has 1 N–H and O–H groups in total. The Morgan fingerprint density at radius 3 is 2.32 bits per heavy atom. The van der Waals surface area contributed by atoms with Gasteiger partial charge in [-0.3, -0.25) is 4.79 Å². The third kappa shape index (κ3) is 3.08. The number of fused-ring (bicyclic) bond motifs is 1. The summed E-state index contributed by atoms with van der Waals surface area (Å²) in [5.41, 5.74) is 2.13. The molecule has 0 bridgehead atoms. The molecule has 0 spiro atoms. The van der Waals surface area contributed by atoms with Gasteiger partial charge in [-0.25, -0.2) is 0 Å². The lowest BCUT2D eigenvalue weighted by atomic mass is 9.84. The largest absolute Gasteiger partial charge is 0.424 e. The summed E-state index contributed by atoms with van der Waals surface area (Å²) < 4.78 is 5.45. The van der Waals surface area contributed by atoms with E-state index in [1.807, 2.05) is 54.6 Å². The second-order valence-electron chi connectivity index (χ2n) is 5.63. The van der Waals surface area contributed by atoms with Crippen molar-refractivity contribution in [2.24, 2.45) is 5.92 Å². The average Bonchev–Trinajstić information content (AvgIpc) is 2.98. The minimum absolute atomic E-state index is 0.368. The van der Waals surface area contributed by atoms with Crippen molar-refractivity contribution >= 4 is 16.9 Å². The second-order valence-corrected chi connectivity index (χ2v) is 5.63. The Bertz CT molecular complexity index is 979. The maximum Gasteiger partial charge on any atom is 0.308 e. The summed E-state index contributed by atoms with van der Waals surface area (Å²) >= 11 is 0. The number of esters is 1. The fourth-order valence-corrected chi connectivity index (χ4v) is 2.97. The average molecular weight is 329 g/mol. The van der Waals surface area contributed by atoms with E-state index in [0.29, 0.717) is 11.4 Å². The summed E-state index contributed by atoms with van der Waals surface area (Å²) in [4.78, 5) is 14.8. The van der Waals surface area contributed by atoms with E-state index in [4.69, 9.17) is 4.74 Å². The molecule has 1 heterocycles. The minimum Gasteiger partial charge on any atom is -0.424 e. The van der Waals surface area contributed by atoms with Crippen molar-refractivity contribution in [2.45, 2.75) is 12.8 Å². The van der Waals surface area contributed by atoms with E-state index in [1.54, 1.807) is 0 Å². The van der Waals surface area contributed by atoms with Gasteiger partial charge in [0, 0.05) is 17.8 Å². The molecule has 5 heteroatoms. The molecule has 0 fully saturated rings. The first-order chi connectivity index (χ1) is 12.2. The summed E-state index contributed by atoms with van der Waals surface area (Å²) in [6.07, 6.45) is 0. The molecule has 0 radical (unpaired) electrons. The van der Waals surface area contributed by atoms with Crippen molar-refractivity contribution in [1.82, 2.24) is 4.98 Å². The highest BCUT2D eigenvalue weighted by molar-refractivity contribution is 5.90. The molecule has 2 aromatic carbocycles. The smallest absolute Gasteiger partial charge is 0.308 e. The van der Waals surface area contributed by atoms with Gasteiger partial charge in [-0.2, -0.15) is 10.5 Å². The number of ether oxygens (including phenoxy) is 1. The van der Waals surface area contributed by atoms with E-state index in [9.17, 15) is 15.3 Å². The molecule has 0 saturated heterocycles. The molecule has 1 atom stereocenters. The SMILES string of the molecule is CC(=O)Oc1c(C(c2ccccc2)C(C#N)C#N)[nH]c2ccccc12. The number of benzene rings is 2. The van der Waals surface area contributed by atoms with Crippen LogP contribution in [0, 0.1) is 28.6 Å². The monoisotopic (exact) mass is 329 g/mol. The zero-order valence-electron chi connectivity index (χ0n) is 13.6. The molecule has 3 aromatic rings. The van der Waals surface area contributed by atoms with E-state index in [-0.39, 0.29) is 0 Å². The van der Waals surface area contributed by atoms with Gasteiger partial charge in [0.05, 0.1) is 23.8 Å². The van der Waals surface area contributed by atoms with Crippen LogP contribution in [0.25, 0.3) is 10.9 Å². The highest BCUT2D eigenvalue weighted by Gasteiger charge is 2.31. The van der Waals surface area contributed by atoms with Crippen molar-refractivity contribution in [3.05, 3.63) is 65.9 Å². The van der Waals surface area contributed by atoms with E-state index >= 15 is 0 Å². The topological polar surface area (TPSA) is 89.7 Å². The predicted octanol–water partition coefficient (Wildman–Crippen LogP) is 3.89. The van der Waals surface area contributed by atoms with Gasteiger partial charge < -0.3 is 9.72 Å². The summed E-state index contributed by atoms with van der Waals surface area (Å²) in [6.45, 7) is 1.33. The first-order valence-electron chi connectivity index (χ1n) is 7.79. The fourth-order valence-electron chi connectivity index (χ4n) is 2.97. The normalized spacial score (nSPS) is 11.7. The van der Waals surface area contributed by atoms with Crippen molar-refractivity contribution < 1.29 is 9.53 Å². The van der Waals surface area contributed by atoms with E-state index in [2.05, 4.69) is 17.1 Å². The molecule has 0 aliphatic rings. The van der Waals surface area contributed by atoms with Gasteiger partial charge in [0.15, 0.2) is 5.75 Å². The Labute approximate surface area is 145 Å². The molecule has 1 unspecified atom stereocenters. The molecule has 0 saturated carbocycles. The van der Waals surface area contributed by atoms with Crippen LogP contribution in [0.4, 0.5) is 0 Å². The van der Waals surface area contributed by atoms with Gasteiger partial charge in [0.2, 0.25) is 0 Å². The van der Waals surface area contributed by atoms with Crippen LogP contribution in [0.2, 0.25) is 0 Å². The minimum atomic E-state index is -0.926. The zero-order valence-corrected chi connectivity index (χ0v) is 13.6. The Balaban J connectivity index is 2.27. The molecule has 25 heavy (non-hydrogen) atoms. The molecule has 0 aliphatic heterocycles. The number of nitrogens with zero attached hydrogens (tertiary/aromatic N) is 2. The van der Waals surface area contributed by atoms with Gasteiger partial charge in [0.1, 0.15) is 5.92 Å². The molecular weight excluding hydrogens is 314 g/mol. The first-order valence-corrected chi connectivity index (χ1v) is 7.79. The van der Waals surface area contributed by atoms with Crippen molar-refractivity contribution in [3.63, 3.8) is 0 Å². The lowest BCUT2D eigenvalue weighted by molar-refractivity contribution is -0.131. The maximum absolute atomic E-state index is 11.6. The Morgan fingerprint density at radius 2 is 1.68 bits per heavy atom. The number of hydrogen-bond donors (Lipinski definition) is 1. The Hall–Kier alpha value is -3.57. The number of nitrogens with one attached hydrogen (secondary N) is 1. The predicted molar refractivity (Wildman–Crippen MR) is 92.6 cm³/mol. The molecular formula is C20H15N3O2. The number of H-pyrrole nitrogens is 1. The van der Waals surface area contributed by atoms with E-state index < -0.39 is 17.8 Å². The van der Waals surface area contributed by atoms with Gasteiger partial charge >= 0.3 is 5.97 Å². The van der Waals surface area contributed by atoms with Gasteiger partial charge in [0.25, 0.3) is 0 Å². The zero-order chi connectivity index (χ0) is 17.8. The Kier molecular flexibility index (Phi) is 4.50. The highest BCUT2D eigenvalue weighted by atomic mass is 16.5. The fraction of sp³-hybridized carbons (Fsp3) is 0.150. The van der Waals surface area contributed by atoms with Crippen LogP contribution < -0.4 is 4.74 Å². The maximum atomic E-state index is 11.6. The molecule has 0 amide bonds. The Morgan fingerprint density at radius 1 is 1.04 bits per heavy atom. The first kappa shape index (κ1) is 16.3. The van der Waals surface area contributed by atoms with Crippen molar-refractivity contribution in [2.75, 3.05) is 0 Å². The third-order valence-corrected chi connectivity index (χ3v) is 4.01. The van der Waals surface area contributed by atoms with Crippen LogP contribution in [0.3, 0.4) is 0 Å². The summed E-state index contributed by atoms with van der Waals surface area (Å²) in [6, 6.07) is 20.8. The lowest BCUT2D eigenvalue weighted by Gasteiger charge is -2.18. The van der Waals surface area contributed by atoms with E-state index in [1.165, 1.54) is 6.92 Å². The number of aromatic nitrogens is 1. The standard InChI is InChI=1S/C20H15N3O2/c1-13(24)25-20-16-9-5-6-10-17(16)23-19(20)18(15(11-21)12-22)14-7-3-2-4-8-14/h2-10,15,18,23H,1H3. The van der Waals surface area contributed by atoms with Crippen molar-refractivity contribution in [3.8, 4) is 17.9 Å². The number of aromatic amines is 1. The van der Waals surface area contributed by atoms with Crippen LogP contribution in [-0.2, 0) is 4.79 Å². The summed E-state index contributed by atoms with van der Waals surface area (Å²) in [7, 11) is 0. The van der Waals surface area contributed by atoms with Crippen molar-refractivity contribution in [1.29, 1.82) is 10.5 Å². The molecule has 3 rings (SSSR count). The number of hydrogen-bond acceptors (Lipinski definition) is 4. The van der Waals surface area contributed by atoms with E-state index in [0.717, 1.165) is 16.5 Å². The van der Waals surface area contributed by atoms with Crippen LogP contribution in [0.5, 0.6) is 5.75 Å². The van der Waals surface area contributed by atoms with Crippen LogP contribution in [-0.4, -0.2) is 11.0 Å². The molecule has 5 nitrogen and oxygen atoms in total. The van der Waals surface area contributed by atoms with Crippen LogP contribution >= 0.6 is 0 Å². The molecule has 122 valence electrons. The number of nitriles is 2. The van der Waals surface area contributed by atoms with Gasteiger partial charge in [-0.05, 0) is 17.7 Å². The number of rotatable bonds is 4. The third-order valence-electron chi connectivity index (χ3n) is 4.01. The lowest BCUT2D eigenvalue weighted by Crippen LogP contribution is -2.14. The van der Waals surface area contributed by atoms with Gasteiger partial charge in [-0.15, -0.1) is 0 Å². The number of para-hydroxylation sites is 1. The number of carbonyl (C=O) groups excluding carboxylic acids is 1. The molecule has 1 aromatic heterocycles. The number of carbonyl (C=O) groups is 1. The summed E-state index contributed by atoms with van der Waals surface area (Å²) in [5.74, 6) is -1.57. The second kappa shape index (κ2) is 6.90. The van der Waals surface area contributed by atoms with Crippen LogP contribution in [0.1, 0.15) is 24.1 Å². The summed E-state index contributed by atoms with van der Waals surface area (Å²) in [5, 5.41) is 19.7. The van der Waals surface area contributed by atoms with Gasteiger partial charge in [-0.1, -0.05) is 42.5 Å². The quantitative estimate of drug-likeness (QED) is 0.735. The molecule has 0 aliphatic carbocycles.